The molecule has 2 heterocycles. The molecule has 0 aliphatic heterocycles. The van der Waals surface area contributed by atoms with E-state index >= 15 is 0 Å². The van der Waals surface area contributed by atoms with Crippen molar-refractivity contribution < 1.29 is 4.52 Å². The summed E-state index contributed by atoms with van der Waals surface area (Å²) < 4.78 is 5.25. The van der Waals surface area contributed by atoms with Crippen LogP contribution < -0.4 is 10.6 Å². The second-order valence-electron chi connectivity index (χ2n) is 6.23. The van der Waals surface area contributed by atoms with Crippen LogP contribution in [0.3, 0.4) is 0 Å². The fraction of sp³-hybridized carbons (Fsp3) is 0.556. The Kier molecular flexibility index (Phi) is 8.34. The molecule has 0 aliphatic rings. The van der Waals surface area contributed by atoms with E-state index in [2.05, 4.69) is 30.8 Å². The Morgan fingerprint density at radius 3 is 2.77 bits per heavy atom. The summed E-state index contributed by atoms with van der Waals surface area (Å²) in [6, 6.07) is 3.79. The molecular weight excluding hydrogens is 352 g/mol. The van der Waals surface area contributed by atoms with Gasteiger partial charge in [0.1, 0.15) is 5.15 Å². The smallest absolute Gasteiger partial charge is 0.226 e. The summed E-state index contributed by atoms with van der Waals surface area (Å²) in [6.07, 6.45) is 4.24. The van der Waals surface area contributed by atoms with Crippen LogP contribution in [0.25, 0.3) is 0 Å². The number of aromatic nitrogens is 3. The van der Waals surface area contributed by atoms with Gasteiger partial charge in [0, 0.05) is 38.2 Å². The van der Waals surface area contributed by atoms with Crippen LogP contribution in [-0.4, -0.2) is 40.7 Å². The van der Waals surface area contributed by atoms with Gasteiger partial charge in [-0.25, -0.2) is 4.98 Å². The average molecular weight is 379 g/mol. The molecule has 0 amide bonds. The lowest BCUT2D eigenvalue weighted by Gasteiger charge is -2.11. The molecule has 0 radical (unpaired) electrons. The van der Waals surface area contributed by atoms with Crippen molar-refractivity contribution in [3.63, 3.8) is 0 Å². The molecule has 2 aromatic rings. The number of hydrogen-bond acceptors (Lipinski definition) is 5. The maximum atomic E-state index is 5.80. The molecule has 2 aromatic heterocycles. The summed E-state index contributed by atoms with van der Waals surface area (Å²) in [7, 11) is 0. The third-order valence-corrected chi connectivity index (χ3v) is 3.88. The number of nitrogens with zero attached hydrogens (tertiary/aromatic N) is 4. The van der Waals surface area contributed by atoms with E-state index in [1.807, 2.05) is 26.8 Å². The van der Waals surface area contributed by atoms with Crippen LogP contribution in [0, 0.1) is 0 Å². The summed E-state index contributed by atoms with van der Waals surface area (Å²) in [6.45, 7) is 8.43. The summed E-state index contributed by atoms with van der Waals surface area (Å²) in [5, 5.41) is 11.1. The van der Waals surface area contributed by atoms with Crippen LogP contribution in [0.1, 0.15) is 50.4 Å². The monoisotopic (exact) mass is 378 g/mol. The average Bonchev–Trinajstić information content (AvgIpc) is 3.09. The van der Waals surface area contributed by atoms with Crippen LogP contribution in [0.2, 0.25) is 5.15 Å². The highest BCUT2D eigenvalue weighted by Gasteiger charge is 2.09. The number of guanidine groups is 1. The first-order valence-electron chi connectivity index (χ1n) is 9.03. The number of rotatable bonds is 9. The van der Waals surface area contributed by atoms with Gasteiger partial charge in [-0.05, 0) is 31.4 Å². The van der Waals surface area contributed by atoms with E-state index in [4.69, 9.17) is 16.1 Å². The van der Waals surface area contributed by atoms with Crippen LogP contribution in [0.15, 0.2) is 27.8 Å². The first kappa shape index (κ1) is 20.2. The quantitative estimate of drug-likeness (QED) is 0.302. The number of aryl methyl sites for hydroxylation is 1. The van der Waals surface area contributed by atoms with Gasteiger partial charge in [0.25, 0.3) is 0 Å². The summed E-state index contributed by atoms with van der Waals surface area (Å²) in [4.78, 5) is 13.0. The van der Waals surface area contributed by atoms with Gasteiger partial charge in [-0.15, -0.1) is 0 Å². The molecule has 142 valence electrons. The molecule has 2 rings (SSSR count). The molecule has 0 fully saturated rings. The molecule has 0 aliphatic carbocycles. The third-order valence-electron chi connectivity index (χ3n) is 3.66. The topological polar surface area (TPSA) is 88.2 Å². The third kappa shape index (κ3) is 7.00. The lowest BCUT2D eigenvalue weighted by Crippen LogP contribution is -2.38. The predicted octanol–water partition coefficient (Wildman–Crippen LogP) is 2.97. The van der Waals surface area contributed by atoms with Crippen molar-refractivity contribution >= 4 is 17.6 Å². The van der Waals surface area contributed by atoms with Crippen LogP contribution in [-0.2, 0) is 12.8 Å². The van der Waals surface area contributed by atoms with Gasteiger partial charge in [0.15, 0.2) is 11.8 Å². The van der Waals surface area contributed by atoms with Gasteiger partial charge in [0.05, 0.1) is 0 Å². The molecule has 0 spiro atoms. The first-order chi connectivity index (χ1) is 12.6. The van der Waals surface area contributed by atoms with Crippen molar-refractivity contribution in [2.75, 3.05) is 19.6 Å². The summed E-state index contributed by atoms with van der Waals surface area (Å²) in [5.41, 5.74) is 1.13. The molecule has 0 atom stereocenters. The normalized spacial score (nSPS) is 11.8. The van der Waals surface area contributed by atoms with Crippen LogP contribution in [0.4, 0.5) is 0 Å². The van der Waals surface area contributed by atoms with Crippen molar-refractivity contribution in [3.05, 3.63) is 40.8 Å². The van der Waals surface area contributed by atoms with E-state index < -0.39 is 0 Å². The molecule has 8 heteroatoms. The van der Waals surface area contributed by atoms with Crippen molar-refractivity contribution in [1.82, 2.24) is 25.8 Å². The molecule has 0 saturated heterocycles. The van der Waals surface area contributed by atoms with E-state index in [1.165, 1.54) is 0 Å². The highest BCUT2D eigenvalue weighted by molar-refractivity contribution is 6.29. The van der Waals surface area contributed by atoms with Crippen LogP contribution >= 0.6 is 11.6 Å². The van der Waals surface area contributed by atoms with E-state index in [0.717, 1.165) is 49.7 Å². The highest BCUT2D eigenvalue weighted by atomic mass is 35.5. The lowest BCUT2D eigenvalue weighted by molar-refractivity contribution is 0.369. The van der Waals surface area contributed by atoms with Crippen LogP contribution in [0.5, 0.6) is 0 Å². The SMILES string of the molecule is CCNC(=NCCCc1nc(C(C)C)no1)NCCc1ccc(Cl)nc1. The second kappa shape index (κ2) is 10.8. The van der Waals surface area contributed by atoms with Gasteiger partial charge >= 0.3 is 0 Å². The minimum Gasteiger partial charge on any atom is -0.357 e. The fourth-order valence-corrected chi connectivity index (χ4v) is 2.36. The van der Waals surface area contributed by atoms with Crippen molar-refractivity contribution in [3.8, 4) is 0 Å². The Morgan fingerprint density at radius 2 is 2.12 bits per heavy atom. The molecular formula is C18H27ClN6O. The molecule has 0 bridgehead atoms. The maximum Gasteiger partial charge on any atom is 0.226 e. The highest BCUT2D eigenvalue weighted by Crippen LogP contribution is 2.10. The first-order valence-corrected chi connectivity index (χ1v) is 9.41. The van der Waals surface area contributed by atoms with E-state index in [0.29, 0.717) is 17.6 Å². The molecule has 0 aromatic carbocycles. The van der Waals surface area contributed by atoms with Gasteiger partial charge < -0.3 is 15.2 Å². The predicted molar refractivity (Wildman–Crippen MR) is 104 cm³/mol. The summed E-state index contributed by atoms with van der Waals surface area (Å²) in [5.74, 6) is 2.53. The standard InChI is InChI=1S/C18H27ClN6O/c1-4-20-18(22-11-9-14-7-8-15(19)23-12-14)21-10-5-6-16-24-17(13(2)3)25-26-16/h7-8,12-13H,4-6,9-11H2,1-3H3,(H2,20,21,22). The second-order valence-corrected chi connectivity index (χ2v) is 6.62. The van der Waals surface area contributed by atoms with Gasteiger partial charge in [-0.3, -0.25) is 4.99 Å². The molecule has 2 N–H and O–H groups in total. The van der Waals surface area contributed by atoms with Gasteiger partial charge in [-0.2, -0.15) is 4.98 Å². The maximum absolute atomic E-state index is 5.80. The molecule has 7 nitrogen and oxygen atoms in total. The zero-order valence-corrected chi connectivity index (χ0v) is 16.4. The molecule has 0 unspecified atom stereocenters. The van der Waals surface area contributed by atoms with Crippen molar-refractivity contribution in [2.45, 2.75) is 46.0 Å². The van der Waals surface area contributed by atoms with E-state index in [-0.39, 0.29) is 5.92 Å². The number of nitrogens with one attached hydrogen (secondary N) is 2. The Balaban J connectivity index is 1.73. The number of aliphatic imine (C=N–C) groups is 1. The number of hydrogen-bond donors (Lipinski definition) is 2. The molecule has 26 heavy (non-hydrogen) atoms. The number of pyridine rings is 1. The van der Waals surface area contributed by atoms with Crippen molar-refractivity contribution in [2.24, 2.45) is 4.99 Å². The Bertz CT molecular complexity index is 683. The number of halogens is 1. The zero-order chi connectivity index (χ0) is 18.8. The van der Waals surface area contributed by atoms with E-state index in [1.54, 1.807) is 12.3 Å². The lowest BCUT2D eigenvalue weighted by atomic mass is 10.2. The Labute approximate surface area is 159 Å². The van der Waals surface area contributed by atoms with Crippen molar-refractivity contribution in [1.29, 1.82) is 0 Å². The minimum absolute atomic E-state index is 0.283. The summed E-state index contributed by atoms with van der Waals surface area (Å²) >= 11 is 5.80. The Hall–Kier alpha value is -2.15. The zero-order valence-electron chi connectivity index (χ0n) is 15.6. The molecule has 0 saturated carbocycles. The van der Waals surface area contributed by atoms with Gasteiger partial charge in [-0.1, -0.05) is 36.7 Å². The largest absolute Gasteiger partial charge is 0.357 e. The van der Waals surface area contributed by atoms with Gasteiger partial charge in [0.2, 0.25) is 5.89 Å². The fourth-order valence-electron chi connectivity index (χ4n) is 2.25. The van der Waals surface area contributed by atoms with E-state index in [9.17, 15) is 0 Å². The minimum atomic E-state index is 0.283. The Morgan fingerprint density at radius 1 is 1.27 bits per heavy atom.